The van der Waals surface area contributed by atoms with Gasteiger partial charge in [0.1, 0.15) is 11.5 Å². The lowest BCUT2D eigenvalue weighted by atomic mass is 10.1. The zero-order chi connectivity index (χ0) is 11.1. The average Bonchev–Trinajstić information content (AvgIpc) is 2.29. The van der Waals surface area contributed by atoms with E-state index in [1.807, 2.05) is 18.2 Å². The first-order chi connectivity index (χ1) is 7.33. The quantitative estimate of drug-likeness (QED) is 0.739. The lowest BCUT2D eigenvalue weighted by Crippen LogP contribution is -1.91. The zero-order valence-electron chi connectivity index (χ0n) is 8.82. The Hall–Kier alpha value is -1.77. The van der Waals surface area contributed by atoms with E-state index in [-0.39, 0.29) is 6.42 Å². The van der Waals surface area contributed by atoms with Crippen LogP contribution in [-0.4, -0.2) is 20.5 Å². The van der Waals surface area contributed by atoms with Gasteiger partial charge in [-0.1, -0.05) is 18.2 Å². The van der Waals surface area contributed by atoms with Gasteiger partial charge in [0.15, 0.2) is 0 Å². The summed E-state index contributed by atoms with van der Waals surface area (Å²) < 4.78 is 10.4. The lowest BCUT2D eigenvalue weighted by molar-refractivity contribution is 0.392. The van der Waals surface area contributed by atoms with Crippen molar-refractivity contribution in [2.24, 2.45) is 0 Å². The predicted molar refractivity (Wildman–Crippen MR) is 58.9 cm³/mol. The minimum Gasteiger partial charge on any atom is -0.496 e. The second-order valence-electron chi connectivity index (χ2n) is 2.83. The lowest BCUT2D eigenvalue weighted by Gasteiger charge is -2.09. The molecule has 0 heterocycles. The highest BCUT2D eigenvalue weighted by Crippen LogP contribution is 2.29. The molecule has 0 fully saturated rings. The summed E-state index contributed by atoms with van der Waals surface area (Å²) in [5, 5.41) is 0. The third-order valence-corrected chi connectivity index (χ3v) is 1.95. The molecule has 79 valence electrons. The Morgan fingerprint density at radius 1 is 1.27 bits per heavy atom. The summed E-state index contributed by atoms with van der Waals surface area (Å²) in [5.41, 5.74) is 0.831. The van der Waals surface area contributed by atoms with Crippen LogP contribution in [0.15, 0.2) is 24.3 Å². The molecule has 0 aromatic heterocycles. The summed E-state index contributed by atoms with van der Waals surface area (Å²) in [6.07, 6.45) is 5.57. The van der Waals surface area contributed by atoms with E-state index in [4.69, 9.17) is 9.47 Å². The van der Waals surface area contributed by atoms with Gasteiger partial charge in [-0.25, -0.2) is 0 Å². The largest absolute Gasteiger partial charge is 0.496 e. The van der Waals surface area contributed by atoms with Crippen LogP contribution in [0, 0.1) is 0 Å². The number of allylic oxidation sites excluding steroid dienone is 1. The molecule has 1 rings (SSSR count). The van der Waals surface area contributed by atoms with Gasteiger partial charge < -0.3 is 9.47 Å². The van der Waals surface area contributed by atoms with Gasteiger partial charge in [-0.05, 0) is 12.1 Å². The zero-order valence-corrected chi connectivity index (χ0v) is 8.82. The molecule has 0 atom stereocenters. The maximum atomic E-state index is 10.1. The Bertz CT molecular complexity index is 334. The molecule has 0 aliphatic carbocycles. The molecule has 1 aromatic rings. The minimum atomic E-state index is 0.265. The maximum Gasteiger partial charge on any atom is 0.202 e. The van der Waals surface area contributed by atoms with Crippen molar-refractivity contribution in [2.45, 2.75) is 6.42 Å². The molecule has 0 saturated heterocycles. The maximum absolute atomic E-state index is 10.1. The molecule has 1 radical (unpaired) electrons. The second kappa shape index (κ2) is 5.86. The Morgan fingerprint density at radius 3 is 2.33 bits per heavy atom. The third kappa shape index (κ3) is 2.84. The topological polar surface area (TPSA) is 35.5 Å². The second-order valence-corrected chi connectivity index (χ2v) is 2.83. The standard InChI is InChI=1S/C12H13O3/c1-14-11-7-5-8-12(15-2)10(11)6-3-4-9-13/h3,5-8H,4H2,1-2H3. The van der Waals surface area contributed by atoms with Crippen LogP contribution in [0.4, 0.5) is 0 Å². The van der Waals surface area contributed by atoms with Gasteiger partial charge in [0.2, 0.25) is 6.29 Å². The molecule has 3 nitrogen and oxygen atoms in total. The van der Waals surface area contributed by atoms with Crippen molar-refractivity contribution in [3.8, 4) is 11.5 Å². The summed E-state index contributed by atoms with van der Waals surface area (Å²) >= 11 is 0. The monoisotopic (exact) mass is 205 g/mol. The summed E-state index contributed by atoms with van der Waals surface area (Å²) in [5.74, 6) is 1.44. The van der Waals surface area contributed by atoms with E-state index in [0.717, 1.165) is 17.1 Å². The molecule has 0 bridgehead atoms. The van der Waals surface area contributed by atoms with Crippen LogP contribution in [0.1, 0.15) is 12.0 Å². The highest BCUT2D eigenvalue weighted by Gasteiger charge is 2.05. The van der Waals surface area contributed by atoms with Crippen LogP contribution in [0.2, 0.25) is 0 Å². The molecule has 0 spiro atoms. The molecule has 0 unspecified atom stereocenters. The van der Waals surface area contributed by atoms with Crippen LogP contribution in [0.25, 0.3) is 6.08 Å². The van der Waals surface area contributed by atoms with Gasteiger partial charge in [-0.2, -0.15) is 0 Å². The van der Waals surface area contributed by atoms with Gasteiger partial charge in [-0.3, -0.25) is 4.79 Å². The number of ether oxygens (including phenoxy) is 2. The number of benzene rings is 1. The van der Waals surface area contributed by atoms with Gasteiger partial charge in [0, 0.05) is 6.42 Å². The fraction of sp³-hybridized carbons (Fsp3) is 0.250. The van der Waals surface area contributed by atoms with Gasteiger partial charge in [0.05, 0.1) is 19.8 Å². The van der Waals surface area contributed by atoms with Crippen molar-refractivity contribution < 1.29 is 14.3 Å². The van der Waals surface area contributed by atoms with Gasteiger partial charge in [0.25, 0.3) is 0 Å². The van der Waals surface area contributed by atoms with E-state index in [1.54, 1.807) is 32.7 Å². The molecule has 0 aliphatic rings. The first kappa shape index (κ1) is 11.3. The third-order valence-electron chi connectivity index (χ3n) is 1.95. The molecule has 1 aromatic carbocycles. The first-order valence-electron chi connectivity index (χ1n) is 4.56. The SMILES string of the molecule is COc1cccc(OC)c1C=CC[C]=O. The smallest absolute Gasteiger partial charge is 0.202 e. The van der Waals surface area contributed by atoms with Crippen LogP contribution in [0.3, 0.4) is 0 Å². The van der Waals surface area contributed by atoms with E-state index in [1.165, 1.54) is 0 Å². The highest BCUT2D eigenvalue weighted by molar-refractivity contribution is 5.66. The minimum absolute atomic E-state index is 0.265. The Balaban J connectivity index is 3.04. The molecule has 0 N–H and O–H groups in total. The van der Waals surface area contributed by atoms with E-state index in [9.17, 15) is 4.79 Å². The number of hydrogen-bond acceptors (Lipinski definition) is 3. The summed E-state index contributed by atoms with van der Waals surface area (Å²) in [6, 6.07) is 5.53. The molecule has 0 aliphatic heterocycles. The normalized spacial score (nSPS) is 10.3. The van der Waals surface area contributed by atoms with Crippen LogP contribution in [0.5, 0.6) is 11.5 Å². The fourth-order valence-corrected chi connectivity index (χ4v) is 1.27. The van der Waals surface area contributed by atoms with E-state index in [2.05, 4.69) is 0 Å². The molecule has 0 amide bonds. The number of carbonyl (C=O) groups excluding carboxylic acids is 1. The Morgan fingerprint density at radius 2 is 1.87 bits per heavy atom. The van der Waals surface area contributed by atoms with Crippen molar-refractivity contribution >= 4 is 12.4 Å². The van der Waals surface area contributed by atoms with Gasteiger partial charge in [-0.15, -0.1) is 0 Å². The summed E-state index contributed by atoms with van der Waals surface area (Å²) in [6.45, 7) is 0. The molecular formula is C12H13O3. The van der Waals surface area contributed by atoms with E-state index >= 15 is 0 Å². The van der Waals surface area contributed by atoms with Crippen molar-refractivity contribution in [3.63, 3.8) is 0 Å². The number of rotatable bonds is 5. The number of hydrogen-bond donors (Lipinski definition) is 0. The fourth-order valence-electron chi connectivity index (χ4n) is 1.27. The molecule has 3 heteroatoms. The van der Waals surface area contributed by atoms with E-state index in [0.29, 0.717) is 0 Å². The predicted octanol–water partition coefficient (Wildman–Crippen LogP) is 2.22. The average molecular weight is 205 g/mol. The number of methoxy groups -OCH3 is 2. The van der Waals surface area contributed by atoms with Crippen LogP contribution < -0.4 is 9.47 Å². The van der Waals surface area contributed by atoms with E-state index < -0.39 is 0 Å². The summed E-state index contributed by atoms with van der Waals surface area (Å²) in [7, 11) is 3.19. The van der Waals surface area contributed by atoms with Gasteiger partial charge >= 0.3 is 0 Å². The van der Waals surface area contributed by atoms with Crippen molar-refractivity contribution in [1.82, 2.24) is 0 Å². The highest BCUT2D eigenvalue weighted by atomic mass is 16.5. The Kier molecular flexibility index (Phi) is 4.41. The Labute approximate surface area is 89.3 Å². The summed E-state index contributed by atoms with van der Waals surface area (Å²) in [4.78, 5) is 10.1. The van der Waals surface area contributed by atoms with Crippen molar-refractivity contribution in [2.75, 3.05) is 14.2 Å². The van der Waals surface area contributed by atoms with Crippen LogP contribution in [-0.2, 0) is 4.79 Å². The van der Waals surface area contributed by atoms with Crippen molar-refractivity contribution in [1.29, 1.82) is 0 Å². The molecule has 0 saturated carbocycles. The van der Waals surface area contributed by atoms with Crippen molar-refractivity contribution in [3.05, 3.63) is 29.8 Å². The first-order valence-corrected chi connectivity index (χ1v) is 4.56. The molecular weight excluding hydrogens is 192 g/mol. The molecule has 15 heavy (non-hydrogen) atoms. The van der Waals surface area contributed by atoms with Crippen LogP contribution >= 0.6 is 0 Å².